The third-order valence-electron chi connectivity index (χ3n) is 3.58. The molecule has 0 bridgehead atoms. The van der Waals surface area contributed by atoms with Crippen LogP contribution in [0.1, 0.15) is 30.1 Å². The zero-order chi connectivity index (χ0) is 15.4. The van der Waals surface area contributed by atoms with Gasteiger partial charge in [0, 0.05) is 30.8 Å². The maximum atomic E-state index is 12.1. The summed E-state index contributed by atoms with van der Waals surface area (Å²) in [6.07, 6.45) is 0.876. The summed E-state index contributed by atoms with van der Waals surface area (Å²) in [5, 5.41) is 11.6. The van der Waals surface area contributed by atoms with Crippen molar-refractivity contribution >= 4 is 23.5 Å². The molecule has 1 aromatic rings. The fraction of sp³-hybridized carbons (Fsp3) is 0.400. The van der Waals surface area contributed by atoms with Gasteiger partial charge in [-0.1, -0.05) is 19.1 Å². The number of rotatable bonds is 4. The molecule has 21 heavy (non-hydrogen) atoms. The number of carboxylic acids is 1. The van der Waals surface area contributed by atoms with E-state index in [0.29, 0.717) is 30.6 Å². The van der Waals surface area contributed by atoms with Gasteiger partial charge in [0.1, 0.15) is 0 Å². The van der Waals surface area contributed by atoms with Crippen LogP contribution in [-0.4, -0.2) is 40.9 Å². The van der Waals surface area contributed by atoms with Crippen LogP contribution in [0.25, 0.3) is 0 Å². The molecule has 0 aromatic heterocycles. The topological polar surface area (TPSA) is 86.7 Å². The van der Waals surface area contributed by atoms with Crippen molar-refractivity contribution in [3.8, 4) is 0 Å². The van der Waals surface area contributed by atoms with Crippen LogP contribution in [-0.2, 0) is 4.79 Å². The summed E-state index contributed by atoms with van der Waals surface area (Å²) in [6, 6.07) is 6.42. The first kappa shape index (κ1) is 15.0. The average Bonchev–Trinajstić information content (AvgIpc) is 2.97. The molecule has 2 rings (SSSR count). The fourth-order valence-electron chi connectivity index (χ4n) is 2.32. The predicted octanol–water partition coefficient (Wildman–Crippen LogP) is 2.22. The Morgan fingerprint density at radius 2 is 2.14 bits per heavy atom. The molecule has 6 nitrogen and oxygen atoms in total. The molecule has 0 aliphatic carbocycles. The molecular formula is C15H18N2O4. The standard InChI is InChI=1S/C15H18N2O4/c1-2-13(18)10-4-3-5-12(8-10)16-15(21)17-7-6-11(9-17)14(19)20/h3-5,8,11H,2,6-7,9H2,1H3,(H,16,21)(H,19,20). The monoisotopic (exact) mass is 290 g/mol. The first-order valence-electron chi connectivity index (χ1n) is 6.93. The number of amides is 2. The Kier molecular flexibility index (Phi) is 4.57. The number of likely N-dealkylation sites (tertiary alicyclic amines) is 1. The van der Waals surface area contributed by atoms with Crippen molar-refractivity contribution in [2.75, 3.05) is 18.4 Å². The molecule has 1 heterocycles. The third kappa shape index (κ3) is 3.59. The lowest BCUT2D eigenvalue weighted by Crippen LogP contribution is -2.33. The molecule has 1 aliphatic rings. The number of aliphatic carboxylic acids is 1. The highest BCUT2D eigenvalue weighted by molar-refractivity contribution is 5.98. The average molecular weight is 290 g/mol. The van der Waals surface area contributed by atoms with Crippen molar-refractivity contribution < 1.29 is 19.5 Å². The van der Waals surface area contributed by atoms with Gasteiger partial charge in [0.05, 0.1) is 5.92 Å². The van der Waals surface area contributed by atoms with E-state index < -0.39 is 11.9 Å². The Morgan fingerprint density at radius 3 is 2.76 bits per heavy atom. The van der Waals surface area contributed by atoms with Gasteiger partial charge in [0.2, 0.25) is 0 Å². The van der Waals surface area contributed by atoms with Gasteiger partial charge in [-0.25, -0.2) is 4.79 Å². The van der Waals surface area contributed by atoms with E-state index in [1.54, 1.807) is 31.2 Å². The lowest BCUT2D eigenvalue weighted by molar-refractivity contribution is -0.141. The Hall–Kier alpha value is -2.37. The van der Waals surface area contributed by atoms with Gasteiger partial charge in [-0.15, -0.1) is 0 Å². The predicted molar refractivity (Wildman–Crippen MR) is 77.4 cm³/mol. The lowest BCUT2D eigenvalue weighted by Gasteiger charge is -2.17. The van der Waals surface area contributed by atoms with E-state index in [0.717, 1.165) is 0 Å². The van der Waals surface area contributed by atoms with Gasteiger partial charge >= 0.3 is 12.0 Å². The highest BCUT2D eigenvalue weighted by atomic mass is 16.4. The molecule has 0 spiro atoms. The quantitative estimate of drug-likeness (QED) is 0.832. The molecular weight excluding hydrogens is 272 g/mol. The minimum Gasteiger partial charge on any atom is -0.481 e. The summed E-state index contributed by atoms with van der Waals surface area (Å²) in [6.45, 7) is 2.43. The summed E-state index contributed by atoms with van der Waals surface area (Å²) in [7, 11) is 0. The minimum atomic E-state index is -0.874. The Balaban J connectivity index is 2.00. The maximum Gasteiger partial charge on any atom is 0.321 e. The van der Waals surface area contributed by atoms with Crippen LogP contribution in [0, 0.1) is 5.92 Å². The highest BCUT2D eigenvalue weighted by Gasteiger charge is 2.30. The second kappa shape index (κ2) is 6.39. The Bertz CT molecular complexity index is 571. The number of ketones is 1. The van der Waals surface area contributed by atoms with Crippen molar-refractivity contribution in [1.29, 1.82) is 0 Å². The molecule has 1 atom stereocenters. The second-order valence-corrected chi connectivity index (χ2v) is 5.06. The zero-order valence-electron chi connectivity index (χ0n) is 11.8. The lowest BCUT2D eigenvalue weighted by atomic mass is 10.1. The van der Waals surface area contributed by atoms with Gasteiger partial charge in [-0.3, -0.25) is 9.59 Å². The van der Waals surface area contributed by atoms with Gasteiger partial charge in [0.25, 0.3) is 0 Å². The van der Waals surface area contributed by atoms with Crippen molar-refractivity contribution in [3.63, 3.8) is 0 Å². The molecule has 2 amide bonds. The number of nitrogens with zero attached hydrogens (tertiary/aromatic N) is 1. The van der Waals surface area contributed by atoms with Crippen LogP contribution in [0.3, 0.4) is 0 Å². The van der Waals surface area contributed by atoms with Crippen LogP contribution >= 0.6 is 0 Å². The second-order valence-electron chi connectivity index (χ2n) is 5.06. The van der Waals surface area contributed by atoms with Crippen molar-refractivity contribution in [3.05, 3.63) is 29.8 Å². The molecule has 2 N–H and O–H groups in total. The molecule has 0 saturated carbocycles. The maximum absolute atomic E-state index is 12.1. The number of Topliss-reactive ketones (excluding diaryl/α,β-unsaturated/α-hetero) is 1. The van der Waals surface area contributed by atoms with E-state index in [1.807, 2.05) is 0 Å². The number of benzene rings is 1. The van der Waals surface area contributed by atoms with Gasteiger partial charge < -0.3 is 15.3 Å². The number of urea groups is 1. The summed E-state index contributed by atoms with van der Waals surface area (Å²) in [4.78, 5) is 36.1. The zero-order valence-corrected chi connectivity index (χ0v) is 11.8. The molecule has 0 radical (unpaired) electrons. The summed E-state index contributed by atoms with van der Waals surface area (Å²) >= 11 is 0. The number of hydrogen-bond donors (Lipinski definition) is 2. The summed E-state index contributed by atoms with van der Waals surface area (Å²) in [5.74, 6) is -1.36. The SMILES string of the molecule is CCC(=O)c1cccc(NC(=O)N2CCC(C(=O)O)C2)c1. The van der Waals surface area contributed by atoms with E-state index in [9.17, 15) is 14.4 Å². The highest BCUT2D eigenvalue weighted by Crippen LogP contribution is 2.18. The molecule has 1 saturated heterocycles. The molecule has 1 unspecified atom stereocenters. The molecule has 1 aromatic carbocycles. The first-order valence-corrected chi connectivity index (χ1v) is 6.93. The van der Waals surface area contributed by atoms with Crippen molar-refractivity contribution in [1.82, 2.24) is 4.90 Å². The number of nitrogens with one attached hydrogen (secondary N) is 1. The molecule has 112 valence electrons. The molecule has 1 fully saturated rings. The number of carboxylic acid groups (broad SMARTS) is 1. The van der Waals surface area contributed by atoms with E-state index in [-0.39, 0.29) is 18.4 Å². The van der Waals surface area contributed by atoms with Crippen LogP contribution in [0.4, 0.5) is 10.5 Å². The van der Waals surface area contributed by atoms with E-state index in [4.69, 9.17) is 5.11 Å². The number of anilines is 1. The van der Waals surface area contributed by atoms with Crippen LogP contribution in [0.15, 0.2) is 24.3 Å². The molecule has 1 aliphatic heterocycles. The molecule has 6 heteroatoms. The van der Waals surface area contributed by atoms with Gasteiger partial charge in [-0.2, -0.15) is 0 Å². The Labute approximate surface area is 122 Å². The van der Waals surface area contributed by atoms with Gasteiger partial charge in [0.15, 0.2) is 5.78 Å². The smallest absolute Gasteiger partial charge is 0.321 e. The van der Waals surface area contributed by atoms with Crippen molar-refractivity contribution in [2.24, 2.45) is 5.92 Å². The van der Waals surface area contributed by atoms with E-state index in [1.165, 1.54) is 4.90 Å². The van der Waals surface area contributed by atoms with Crippen LogP contribution < -0.4 is 5.32 Å². The summed E-state index contributed by atoms with van der Waals surface area (Å²) in [5.41, 5.74) is 1.10. The van der Waals surface area contributed by atoms with Crippen LogP contribution in [0.2, 0.25) is 0 Å². The van der Waals surface area contributed by atoms with E-state index >= 15 is 0 Å². The number of hydrogen-bond acceptors (Lipinski definition) is 3. The minimum absolute atomic E-state index is 0.0122. The largest absolute Gasteiger partial charge is 0.481 e. The van der Waals surface area contributed by atoms with Crippen LogP contribution in [0.5, 0.6) is 0 Å². The van der Waals surface area contributed by atoms with Crippen molar-refractivity contribution in [2.45, 2.75) is 19.8 Å². The number of carbonyl (C=O) groups excluding carboxylic acids is 2. The normalized spacial score (nSPS) is 17.6. The first-order chi connectivity index (χ1) is 10.0. The third-order valence-corrected chi connectivity index (χ3v) is 3.58. The fourth-order valence-corrected chi connectivity index (χ4v) is 2.32. The number of carbonyl (C=O) groups is 3. The summed E-state index contributed by atoms with van der Waals surface area (Å²) < 4.78 is 0. The Morgan fingerprint density at radius 1 is 1.38 bits per heavy atom. The van der Waals surface area contributed by atoms with E-state index in [2.05, 4.69) is 5.32 Å². The van der Waals surface area contributed by atoms with Gasteiger partial charge in [-0.05, 0) is 18.6 Å².